The standard InChI is InChI=1S/C8H8ClF3OS/c1-14(10,11,12)7-4-2-6(3-5-7)8(9)13/h2-5,14H,1H3. The number of hydrogen-bond donors (Lipinski definition) is 1. The molecule has 0 bridgehead atoms. The molecule has 0 heterocycles. The van der Waals surface area contributed by atoms with Gasteiger partial charge >= 0.3 is 0 Å². The van der Waals surface area contributed by atoms with Crippen LogP contribution in [0.25, 0.3) is 0 Å². The summed E-state index contributed by atoms with van der Waals surface area (Å²) in [6.45, 7) is 0. The maximum absolute atomic E-state index is 12.8. The molecule has 0 aliphatic heterocycles. The van der Waals surface area contributed by atoms with Gasteiger partial charge in [-0.05, 0) is 35.9 Å². The van der Waals surface area contributed by atoms with E-state index in [9.17, 15) is 16.5 Å². The van der Waals surface area contributed by atoms with Crippen molar-refractivity contribution in [3.05, 3.63) is 29.8 Å². The van der Waals surface area contributed by atoms with Crippen molar-refractivity contribution in [3.63, 3.8) is 0 Å². The first-order valence-corrected chi connectivity index (χ1v) is 6.38. The topological polar surface area (TPSA) is 17.1 Å². The maximum atomic E-state index is 12.8. The van der Waals surface area contributed by atoms with Crippen LogP contribution in [-0.2, 0) is 0 Å². The highest BCUT2D eigenvalue weighted by molar-refractivity contribution is 8.37. The monoisotopic (exact) mass is 244 g/mol. The van der Waals surface area contributed by atoms with E-state index in [4.69, 9.17) is 11.6 Å². The van der Waals surface area contributed by atoms with Crippen molar-refractivity contribution < 1.29 is 16.5 Å². The maximum Gasteiger partial charge on any atom is 0.252 e. The summed E-state index contributed by atoms with van der Waals surface area (Å²) >= 11 is 5.09. The number of hydrogen-bond acceptors (Lipinski definition) is 1. The summed E-state index contributed by atoms with van der Waals surface area (Å²) in [4.78, 5) is 9.90. The summed E-state index contributed by atoms with van der Waals surface area (Å²) in [5.41, 5.74) is 0.0656. The molecule has 0 unspecified atom stereocenters. The Morgan fingerprint density at radius 3 is 1.93 bits per heavy atom. The number of carbonyl (C=O) groups is 1. The Morgan fingerprint density at radius 1 is 1.21 bits per heavy atom. The van der Waals surface area contributed by atoms with Crippen molar-refractivity contribution >= 4 is 27.2 Å². The Balaban J connectivity index is 3.13. The molecule has 1 aromatic rings. The first kappa shape index (κ1) is 11.4. The predicted octanol–water partition coefficient (Wildman–Crippen LogP) is 3.78. The number of carbonyl (C=O) groups excluding carboxylic acids is 1. The van der Waals surface area contributed by atoms with Crippen molar-refractivity contribution in [2.45, 2.75) is 4.90 Å². The minimum Gasteiger partial charge on any atom is -0.276 e. The van der Waals surface area contributed by atoms with Gasteiger partial charge in [-0.1, -0.05) is 0 Å². The lowest BCUT2D eigenvalue weighted by Crippen LogP contribution is -1.97. The van der Waals surface area contributed by atoms with Gasteiger partial charge in [0.2, 0.25) is 0 Å². The Hall–Kier alpha value is -0.680. The molecule has 1 rings (SSSR count). The largest absolute Gasteiger partial charge is 0.276 e. The van der Waals surface area contributed by atoms with E-state index in [1.54, 1.807) is 0 Å². The lowest BCUT2D eigenvalue weighted by atomic mass is 10.2. The Kier molecular flexibility index (Phi) is 2.58. The smallest absolute Gasteiger partial charge is 0.252 e. The minimum absolute atomic E-state index is 0.0656. The van der Waals surface area contributed by atoms with Crippen molar-refractivity contribution in [2.24, 2.45) is 0 Å². The van der Waals surface area contributed by atoms with Gasteiger partial charge in [-0.15, -0.1) is 0 Å². The van der Waals surface area contributed by atoms with Crippen molar-refractivity contribution in [2.75, 3.05) is 6.26 Å². The summed E-state index contributed by atoms with van der Waals surface area (Å²) in [7, 11) is -6.21. The predicted molar refractivity (Wildman–Crippen MR) is 53.1 cm³/mol. The second kappa shape index (κ2) is 3.17. The normalized spacial score (nSPS) is 14.5. The van der Waals surface area contributed by atoms with E-state index in [2.05, 4.69) is 0 Å². The number of rotatable bonds is 2. The molecular formula is C8H8ClF3OS. The van der Waals surface area contributed by atoms with Crippen LogP contribution in [0.15, 0.2) is 29.2 Å². The molecule has 0 aromatic heterocycles. The molecule has 0 aliphatic rings. The van der Waals surface area contributed by atoms with E-state index in [0.717, 1.165) is 24.3 Å². The fourth-order valence-corrected chi connectivity index (χ4v) is 1.82. The van der Waals surface area contributed by atoms with Crippen LogP contribution in [0.1, 0.15) is 10.4 Å². The van der Waals surface area contributed by atoms with Gasteiger partial charge in [0.05, 0.1) is 10.3 Å². The molecule has 0 amide bonds. The summed E-state index contributed by atoms with van der Waals surface area (Å²) in [5, 5.41) is -0.760. The average Bonchev–Trinajstić information content (AvgIpc) is 2.01. The van der Waals surface area contributed by atoms with Gasteiger partial charge in [0, 0.05) is 16.7 Å². The molecule has 80 valence electrons. The zero-order chi connectivity index (χ0) is 11.0. The van der Waals surface area contributed by atoms with E-state index >= 15 is 0 Å². The van der Waals surface area contributed by atoms with Crippen LogP contribution < -0.4 is 0 Å². The second-order valence-corrected chi connectivity index (χ2v) is 6.21. The highest BCUT2D eigenvalue weighted by Gasteiger charge is 2.34. The summed E-state index contributed by atoms with van der Waals surface area (Å²) in [6.07, 6.45) is 0.281. The molecule has 0 radical (unpaired) electrons. The van der Waals surface area contributed by atoms with Crippen LogP contribution in [0.3, 0.4) is 0 Å². The Bertz CT molecular complexity index is 359. The Morgan fingerprint density at radius 2 is 1.64 bits per heavy atom. The third-order valence-electron chi connectivity index (χ3n) is 1.65. The van der Waals surface area contributed by atoms with Crippen LogP contribution in [-0.4, -0.2) is 11.5 Å². The lowest BCUT2D eigenvalue weighted by molar-refractivity contribution is 0.108. The van der Waals surface area contributed by atoms with E-state index in [-0.39, 0.29) is 11.8 Å². The van der Waals surface area contributed by atoms with Crippen molar-refractivity contribution in [1.82, 2.24) is 0 Å². The molecule has 0 atom stereocenters. The fraction of sp³-hybridized carbons (Fsp3) is 0.125. The van der Waals surface area contributed by atoms with E-state index in [1.165, 1.54) is 0 Å². The molecule has 1 nitrogen and oxygen atoms in total. The lowest BCUT2D eigenvalue weighted by Gasteiger charge is -2.33. The number of halogens is 4. The minimum atomic E-state index is -6.21. The van der Waals surface area contributed by atoms with Crippen molar-refractivity contribution in [3.8, 4) is 0 Å². The van der Waals surface area contributed by atoms with Gasteiger partial charge < -0.3 is 0 Å². The molecule has 0 N–H and O–H groups in total. The van der Waals surface area contributed by atoms with Gasteiger partial charge in [0.25, 0.3) is 5.24 Å². The zero-order valence-corrected chi connectivity index (χ0v) is 8.83. The second-order valence-electron chi connectivity index (χ2n) is 3.00. The van der Waals surface area contributed by atoms with Gasteiger partial charge in [0.15, 0.2) is 0 Å². The van der Waals surface area contributed by atoms with E-state index in [1.807, 2.05) is 0 Å². The molecule has 0 fully saturated rings. The van der Waals surface area contributed by atoms with Crippen molar-refractivity contribution in [1.29, 1.82) is 0 Å². The molecule has 14 heavy (non-hydrogen) atoms. The van der Waals surface area contributed by atoms with Crippen LogP contribution in [0.5, 0.6) is 0 Å². The quantitative estimate of drug-likeness (QED) is 0.619. The molecular weight excluding hydrogens is 237 g/mol. The first-order chi connectivity index (χ1) is 6.17. The third kappa shape index (κ3) is 2.65. The van der Waals surface area contributed by atoms with Gasteiger partial charge in [-0.25, -0.2) is 0 Å². The van der Waals surface area contributed by atoms with Crippen LogP contribution in [0.2, 0.25) is 0 Å². The first-order valence-electron chi connectivity index (χ1n) is 3.64. The molecule has 1 aromatic carbocycles. The fourth-order valence-electron chi connectivity index (χ4n) is 0.911. The zero-order valence-electron chi connectivity index (χ0n) is 7.18. The van der Waals surface area contributed by atoms with Crippen LogP contribution >= 0.6 is 21.9 Å². The van der Waals surface area contributed by atoms with Gasteiger partial charge in [-0.2, -0.15) is 11.7 Å². The molecule has 0 saturated heterocycles. The highest BCUT2D eigenvalue weighted by Crippen LogP contribution is 2.77. The summed E-state index contributed by atoms with van der Waals surface area (Å²) in [5.74, 6) is 0. The number of thiol groups is 1. The third-order valence-corrected chi connectivity index (χ3v) is 3.26. The molecule has 0 spiro atoms. The van der Waals surface area contributed by atoms with Crippen LogP contribution in [0, 0.1) is 0 Å². The number of benzene rings is 1. The van der Waals surface area contributed by atoms with E-state index in [0.29, 0.717) is 0 Å². The molecule has 0 saturated carbocycles. The average molecular weight is 245 g/mol. The molecule has 0 aliphatic carbocycles. The van der Waals surface area contributed by atoms with Crippen LogP contribution in [0.4, 0.5) is 11.7 Å². The molecule has 6 heteroatoms. The highest BCUT2D eigenvalue weighted by atomic mass is 35.5. The summed E-state index contributed by atoms with van der Waals surface area (Å²) < 4.78 is 38.5. The van der Waals surface area contributed by atoms with E-state index < -0.39 is 20.5 Å². The Labute approximate surface area is 85.0 Å². The van der Waals surface area contributed by atoms with Gasteiger partial charge in [-0.3, -0.25) is 4.79 Å². The SMILES string of the molecule is C[SH](F)(F)(F)c1ccc(C(=O)Cl)cc1. The summed E-state index contributed by atoms with van der Waals surface area (Å²) in [6, 6.07) is 3.92. The van der Waals surface area contributed by atoms with Gasteiger partial charge in [0.1, 0.15) is 0 Å².